The SMILES string of the molecule is Cc1cccc(N)c1Nc1ccc(Cl)cc1I. The standard InChI is InChI=1S/C13H12ClIN2/c1-8-3-2-4-11(16)13(8)17-12-6-5-9(14)7-10(12)15/h2-7,17H,16H2,1H3. The molecule has 0 aliphatic heterocycles. The van der Waals surface area contributed by atoms with Gasteiger partial charge in [-0.15, -0.1) is 0 Å². The van der Waals surface area contributed by atoms with Crippen molar-refractivity contribution in [1.29, 1.82) is 0 Å². The monoisotopic (exact) mass is 358 g/mol. The third-order valence-electron chi connectivity index (χ3n) is 2.50. The molecule has 3 N–H and O–H groups in total. The van der Waals surface area contributed by atoms with E-state index in [1.807, 2.05) is 43.3 Å². The Bertz CT molecular complexity index is 535. The first-order valence-corrected chi connectivity index (χ1v) is 6.61. The van der Waals surface area contributed by atoms with E-state index < -0.39 is 0 Å². The van der Waals surface area contributed by atoms with Crippen LogP contribution in [0.1, 0.15) is 5.56 Å². The molecule has 0 heterocycles. The summed E-state index contributed by atoms with van der Waals surface area (Å²) < 4.78 is 1.07. The van der Waals surface area contributed by atoms with Crippen LogP contribution in [0.25, 0.3) is 0 Å². The molecule has 0 bridgehead atoms. The molecule has 2 rings (SSSR count). The van der Waals surface area contributed by atoms with Gasteiger partial charge in [0.2, 0.25) is 0 Å². The van der Waals surface area contributed by atoms with Gasteiger partial charge in [0.25, 0.3) is 0 Å². The molecule has 2 aromatic rings. The molecule has 0 saturated heterocycles. The molecule has 0 saturated carbocycles. The maximum atomic E-state index is 5.96. The Morgan fingerprint density at radius 1 is 1.24 bits per heavy atom. The van der Waals surface area contributed by atoms with Gasteiger partial charge in [-0.1, -0.05) is 23.7 Å². The van der Waals surface area contributed by atoms with E-state index >= 15 is 0 Å². The lowest BCUT2D eigenvalue weighted by atomic mass is 10.1. The number of nitrogens with two attached hydrogens (primary N) is 1. The predicted molar refractivity (Wildman–Crippen MR) is 83.0 cm³/mol. The molecule has 0 atom stereocenters. The van der Waals surface area contributed by atoms with Crippen LogP contribution in [0.4, 0.5) is 17.1 Å². The van der Waals surface area contributed by atoms with Crippen LogP contribution < -0.4 is 11.1 Å². The Labute approximate surface area is 119 Å². The summed E-state index contributed by atoms with van der Waals surface area (Å²) in [5.74, 6) is 0. The van der Waals surface area contributed by atoms with Crippen molar-refractivity contribution in [3.63, 3.8) is 0 Å². The summed E-state index contributed by atoms with van der Waals surface area (Å²) in [6.45, 7) is 2.03. The van der Waals surface area contributed by atoms with Gasteiger partial charge >= 0.3 is 0 Å². The highest BCUT2D eigenvalue weighted by atomic mass is 127. The Balaban J connectivity index is 2.38. The molecule has 88 valence electrons. The van der Waals surface area contributed by atoms with E-state index in [2.05, 4.69) is 27.9 Å². The van der Waals surface area contributed by atoms with E-state index in [4.69, 9.17) is 17.3 Å². The van der Waals surface area contributed by atoms with Gasteiger partial charge in [-0.05, 0) is 59.3 Å². The minimum Gasteiger partial charge on any atom is -0.397 e. The number of anilines is 3. The van der Waals surface area contributed by atoms with Crippen molar-refractivity contribution < 1.29 is 0 Å². The summed E-state index contributed by atoms with van der Waals surface area (Å²) in [7, 11) is 0. The molecule has 0 radical (unpaired) electrons. The highest BCUT2D eigenvalue weighted by Crippen LogP contribution is 2.30. The zero-order valence-corrected chi connectivity index (χ0v) is 12.2. The number of aryl methyl sites for hydroxylation is 1. The van der Waals surface area contributed by atoms with Crippen molar-refractivity contribution >= 4 is 51.3 Å². The number of para-hydroxylation sites is 1. The summed E-state index contributed by atoms with van der Waals surface area (Å²) >= 11 is 8.17. The largest absolute Gasteiger partial charge is 0.397 e. The Morgan fingerprint density at radius 3 is 2.65 bits per heavy atom. The van der Waals surface area contributed by atoms with Crippen LogP contribution in [-0.2, 0) is 0 Å². The van der Waals surface area contributed by atoms with Crippen molar-refractivity contribution in [2.75, 3.05) is 11.1 Å². The number of hydrogen-bond donors (Lipinski definition) is 2. The van der Waals surface area contributed by atoms with Crippen LogP contribution in [0.3, 0.4) is 0 Å². The van der Waals surface area contributed by atoms with E-state index in [1.165, 1.54) is 0 Å². The molecule has 0 aliphatic carbocycles. The van der Waals surface area contributed by atoms with Gasteiger partial charge in [0.1, 0.15) is 0 Å². The zero-order valence-electron chi connectivity index (χ0n) is 9.30. The number of benzene rings is 2. The van der Waals surface area contributed by atoms with Crippen molar-refractivity contribution in [2.24, 2.45) is 0 Å². The minimum absolute atomic E-state index is 0.734. The molecule has 0 spiro atoms. The number of hydrogen-bond acceptors (Lipinski definition) is 2. The molecular weight excluding hydrogens is 347 g/mol. The molecule has 17 heavy (non-hydrogen) atoms. The minimum atomic E-state index is 0.734. The number of rotatable bonds is 2. The van der Waals surface area contributed by atoms with Gasteiger partial charge in [-0.25, -0.2) is 0 Å². The molecule has 0 amide bonds. The molecule has 0 aromatic heterocycles. The fourth-order valence-electron chi connectivity index (χ4n) is 1.59. The van der Waals surface area contributed by atoms with E-state index in [1.54, 1.807) is 0 Å². The average Bonchev–Trinajstić information content (AvgIpc) is 2.26. The van der Waals surface area contributed by atoms with Crippen molar-refractivity contribution in [3.8, 4) is 0 Å². The van der Waals surface area contributed by atoms with Gasteiger partial charge in [0, 0.05) is 8.59 Å². The summed E-state index contributed by atoms with van der Waals surface area (Å²) in [4.78, 5) is 0. The maximum Gasteiger partial charge on any atom is 0.0647 e. The summed E-state index contributed by atoms with van der Waals surface area (Å²) in [6, 6.07) is 11.6. The van der Waals surface area contributed by atoms with Crippen LogP contribution >= 0.6 is 34.2 Å². The molecular formula is C13H12ClIN2. The predicted octanol–water partition coefficient (Wildman–Crippen LogP) is 4.58. The zero-order chi connectivity index (χ0) is 12.4. The molecule has 4 heteroatoms. The van der Waals surface area contributed by atoms with E-state index in [0.717, 1.165) is 31.2 Å². The fraction of sp³-hybridized carbons (Fsp3) is 0.0769. The Kier molecular flexibility index (Phi) is 3.79. The van der Waals surface area contributed by atoms with E-state index in [-0.39, 0.29) is 0 Å². The second-order valence-electron chi connectivity index (χ2n) is 3.79. The molecule has 0 aliphatic rings. The quantitative estimate of drug-likeness (QED) is 0.609. The normalized spacial score (nSPS) is 10.3. The lowest BCUT2D eigenvalue weighted by molar-refractivity contribution is 1.42. The van der Waals surface area contributed by atoms with Crippen LogP contribution in [0.15, 0.2) is 36.4 Å². The molecule has 0 fully saturated rings. The highest BCUT2D eigenvalue weighted by molar-refractivity contribution is 14.1. The first-order chi connectivity index (χ1) is 8.08. The lowest BCUT2D eigenvalue weighted by Crippen LogP contribution is -1.99. The Morgan fingerprint density at radius 2 is 2.00 bits per heavy atom. The second-order valence-corrected chi connectivity index (χ2v) is 5.39. The van der Waals surface area contributed by atoms with Gasteiger partial charge < -0.3 is 11.1 Å². The maximum absolute atomic E-state index is 5.96. The molecule has 2 aromatic carbocycles. The summed E-state index contributed by atoms with van der Waals surface area (Å²) in [6.07, 6.45) is 0. The van der Waals surface area contributed by atoms with Crippen molar-refractivity contribution in [3.05, 3.63) is 50.6 Å². The second kappa shape index (κ2) is 5.14. The van der Waals surface area contributed by atoms with Crippen LogP contribution in [0.2, 0.25) is 5.02 Å². The molecule has 0 unspecified atom stereocenters. The summed E-state index contributed by atoms with van der Waals surface area (Å²) in [5.41, 5.74) is 9.79. The van der Waals surface area contributed by atoms with Crippen molar-refractivity contribution in [1.82, 2.24) is 0 Å². The smallest absolute Gasteiger partial charge is 0.0647 e. The van der Waals surface area contributed by atoms with Gasteiger partial charge in [0.15, 0.2) is 0 Å². The van der Waals surface area contributed by atoms with Crippen LogP contribution in [0, 0.1) is 10.5 Å². The number of halogens is 2. The third kappa shape index (κ3) is 2.84. The number of nitrogen functional groups attached to an aromatic ring is 1. The molecule has 2 nitrogen and oxygen atoms in total. The highest BCUT2D eigenvalue weighted by Gasteiger charge is 2.05. The lowest BCUT2D eigenvalue weighted by Gasteiger charge is -2.13. The average molecular weight is 359 g/mol. The van der Waals surface area contributed by atoms with Crippen molar-refractivity contribution in [2.45, 2.75) is 6.92 Å². The summed E-state index contributed by atoms with van der Waals surface area (Å²) in [5, 5.41) is 4.08. The van der Waals surface area contributed by atoms with Gasteiger partial charge in [-0.2, -0.15) is 0 Å². The van der Waals surface area contributed by atoms with E-state index in [0.29, 0.717) is 0 Å². The third-order valence-corrected chi connectivity index (χ3v) is 3.62. The van der Waals surface area contributed by atoms with Crippen LogP contribution in [-0.4, -0.2) is 0 Å². The first-order valence-electron chi connectivity index (χ1n) is 5.15. The van der Waals surface area contributed by atoms with Gasteiger partial charge in [0.05, 0.1) is 17.1 Å². The topological polar surface area (TPSA) is 38.0 Å². The first kappa shape index (κ1) is 12.5. The number of nitrogens with one attached hydrogen (secondary N) is 1. The Hall–Kier alpha value is -0.940. The van der Waals surface area contributed by atoms with E-state index in [9.17, 15) is 0 Å². The van der Waals surface area contributed by atoms with Gasteiger partial charge in [-0.3, -0.25) is 0 Å². The fourth-order valence-corrected chi connectivity index (χ4v) is 2.59. The van der Waals surface area contributed by atoms with Crippen LogP contribution in [0.5, 0.6) is 0 Å².